The Morgan fingerprint density at radius 2 is 1.70 bits per heavy atom. The highest BCUT2D eigenvalue weighted by molar-refractivity contribution is 5.91. The van der Waals surface area contributed by atoms with Gasteiger partial charge < -0.3 is 19.4 Å². The molecule has 0 bridgehead atoms. The molecule has 10 heteroatoms. The van der Waals surface area contributed by atoms with Crippen molar-refractivity contribution >= 4 is 16.7 Å². The molecular formula is C30H38N6O4. The maximum absolute atomic E-state index is 12.5. The maximum Gasteiger partial charge on any atom is 0.330 e. The molecule has 0 aliphatic carbocycles. The Bertz CT molecular complexity index is 1560. The van der Waals surface area contributed by atoms with Crippen molar-refractivity contribution in [3.63, 3.8) is 0 Å². The van der Waals surface area contributed by atoms with Gasteiger partial charge in [-0.25, -0.2) is 9.78 Å². The van der Waals surface area contributed by atoms with Crippen LogP contribution < -0.4 is 16.1 Å². The number of methoxy groups -OCH3 is 1. The van der Waals surface area contributed by atoms with Crippen molar-refractivity contribution in [1.29, 1.82) is 0 Å². The summed E-state index contributed by atoms with van der Waals surface area (Å²) in [4.78, 5) is 40.1. The molecular weight excluding hydrogens is 508 g/mol. The van der Waals surface area contributed by atoms with E-state index in [1.165, 1.54) is 10.1 Å². The molecule has 1 aliphatic heterocycles. The van der Waals surface area contributed by atoms with Gasteiger partial charge in [0.25, 0.3) is 5.56 Å². The quantitative estimate of drug-likeness (QED) is 0.310. The number of ether oxygens (including phenoxy) is 2. The van der Waals surface area contributed by atoms with Crippen molar-refractivity contribution in [3.05, 3.63) is 80.6 Å². The average molecular weight is 547 g/mol. The molecule has 2 N–H and O–H groups in total. The van der Waals surface area contributed by atoms with Crippen LogP contribution in [0.1, 0.15) is 31.9 Å². The monoisotopic (exact) mass is 546 g/mol. The predicted octanol–water partition coefficient (Wildman–Crippen LogP) is 3.32. The molecule has 10 nitrogen and oxygen atoms in total. The Morgan fingerprint density at radius 1 is 0.950 bits per heavy atom. The van der Waals surface area contributed by atoms with Crippen molar-refractivity contribution in [2.45, 2.75) is 39.5 Å². The van der Waals surface area contributed by atoms with Gasteiger partial charge in [-0.05, 0) is 23.1 Å². The Hall–Kier alpha value is -3.73. The van der Waals surface area contributed by atoms with Crippen LogP contribution in [0.4, 0.5) is 5.69 Å². The van der Waals surface area contributed by atoms with E-state index in [9.17, 15) is 9.59 Å². The number of fused-ring (bicyclic) bond motifs is 1. The highest BCUT2D eigenvalue weighted by Crippen LogP contribution is 2.30. The van der Waals surface area contributed by atoms with Gasteiger partial charge in [0.05, 0.1) is 24.4 Å². The zero-order valence-electron chi connectivity index (χ0n) is 23.7. The van der Waals surface area contributed by atoms with Crippen LogP contribution in [0, 0.1) is 0 Å². The van der Waals surface area contributed by atoms with E-state index >= 15 is 0 Å². The number of aromatic amines is 2. The van der Waals surface area contributed by atoms with E-state index in [1.807, 2.05) is 0 Å². The molecule has 3 heterocycles. The van der Waals surface area contributed by atoms with Gasteiger partial charge in [0.15, 0.2) is 0 Å². The minimum absolute atomic E-state index is 0.0656. The minimum atomic E-state index is -0.479. The first-order chi connectivity index (χ1) is 19.2. The third kappa shape index (κ3) is 6.19. The zero-order valence-corrected chi connectivity index (χ0v) is 23.7. The highest BCUT2D eigenvalue weighted by Gasteiger charge is 2.22. The number of H-pyrrole nitrogens is 2. The summed E-state index contributed by atoms with van der Waals surface area (Å²) in [5, 5.41) is 0. The normalized spacial score (nSPS) is 14.8. The number of imidazole rings is 1. The van der Waals surface area contributed by atoms with Gasteiger partial charge in [0.2, 0.25) is 0 Å². The molecule has 1 saturated heterocycles. The van der Waals surface area contributed by atoms with Gasteiger partial charge in [-0.3, -0.25) is 19.2 Å². The van der Waals surface area contributed by atoms with Gasteiger partial charge in [0.1, 0.15) is 18.1 Å². The Balaban J connectivity index is 1.26. The summed E-state index contributed by atoms with van der Waals surface area (Å²) in [6, 6.07) is 14.9. The second-order valence-corrected chi connectivity index (χ2v) is 11.3. The lowest BCUT2D eigenvalue weighted by atomic mass is 9.87. The number of benzene rings is 2. The second-order valence-electron chi connectivity index (χ2n) is 11.3. The largest absolute Gasteiger partial charge is 0.382 e. The molecule has 5 rings (SSSR count). The fourth-order valence-electron chi connectivity index (χ4n) is 4.99. The summed E-state index contributed by atoms with van der Waals surface area (Å²) >= 11 is 0. The Kier molecular flexibility index (Phi) is 8.20. The van der Waals surface area contributed by atoms with Crippen molar-refractivity contribution in [3.8, 4) is 11.4 Å². The summed E-state index contributed by atoms with van der Waals surface area (Å²) in [6.45, 7) is 11.2. The Morgan fingerprint density at radius 3 is 2.40 bits per heavy atom. The smallest absolute Gasteiger partial charge is 0.330 e. The fraction of sp³-hybridized carbons (Fsp3) is 0.433. The van der Waals surface area contributed by atoms with Crippen LogP contribution in [0.3, 0.4) is 0 Å². The molecule has 212 valence electrons. The van der Waals surface area contributed by atoms with Crippen molar-refractivity contribution in [1.82, 2.24) is 24.4 Å². The molecule has 2 aromatic carbocycles. The fourth-order valence-corrected chi connectivity index (χ4v) is 4.99. The first-order valence-corrected chi connectivity index (χ1v) is 13.7. The van der Waals surface area contributed by atoms with E-state index < -0.39 is 5.69 Å². The molecule has 4 aromatic rings. The first-order valence-electron chi connectivity index (χ1n) is 13.7. The Labute approximate surface area is 233 Å². The summed E-state index contributed by atoms with van der Waals surface area (Å²) in [7, 11) is 1.59. The molecule has 40 heavy (non-hydrogen) atoms. The number of hydrogen-bond acceptors (Lipinski definition) is 7. The number of hydrogen-bond donors (Lipinski definition) is 2. The molecule has 0 radical (unpaired) electrons. The zero-order chi connectivity index (χ0) is 28.3. The number of aromatic nitrogens is 4. The molecule has 0 spiro atoms. The van der Waals surface area contributed by atoms with Crippen LogP contribution in [0.2, 0.25) is 0 Å². The SMILES string of the molecule is COCCOCn1cc(CN2CCN(c3cccc4[nH]c(-c5ccc(C(C)(C)C)cc5)nc34)CC2)c(=O)[nH]c1=O. The van der Waals surface area contributed by atoms with Crippen LogP contribution in [-0.2, 0) is 28.2 Å². The van der Waals surface area contributed by atoms with Crippen LogP contribution in [0.25, 0.3) is 22.4 Å². The van der Waals surface area contributed by atoms with Crippen LogP contribution in [0.15, 0.2) is 58.3 Å². The number of rotatable bonds is 9. The van der Waals surface area contributed by atoms with Gasteiger partial charge in [-0.1, -0.05) is 51.1 Å². The molecule has 0 saturated carbocycles. The van der Waals surface area contributed by atoms with Gasteiger partial charge in [0, 0.05) is 57.2 Å². The molecule has 0 atom stereocenters. The van der Waals surface area contributed by atoms with E-state index in [-0.39, 0.29) is 17.7 Å². The van der Waals surface area contributed by atoms with E-state index in [0.29, 0.717) is 25.3 Å². The lowest BCUT2D eigenvalue weighted by molar-refractivity contribution is 0.0318. The van der Waals surface area contributed by atoms with E-state index in [2.05, 4.69) is 83.0 Å². The van der Waals surface area contributed by atoms with Crippen LogP contribution in [-0.4, -0.2) is 70.9 Å². The molecule has 2 aromatic heterocycles. The third-order valence-corrected chi connectivity index (χ3v) is 7.37. The van der Waals surface area contributed by atoms with Crippen LogP contribution in [0.5, 0.6) is 0 Å². The lowest BCUT2D eigenvalue weighted by Gasteiger charge is -2.36. The topological polar surface area (TPSA) is 108 Å². The predicted molar refractivity (Wildman–Crippen MR) is 157 cm³/mol. The molecule has 1 aliphatic rings. The highest BCUT2D eigenvalue weighted by atomic mass is 16.5. The summed E-state index contributed by atoms with van der Waals surface area (Å²) < 4.78 is 11.8. The van der Waals surface area contributed by atoms with Crippen molar-refractivity contribution in [2.75, 3.05) is 51.4 Å². The summed E-state index contributed by atoms with van der Waals surface area (Å²) in [5.41, 5.74) is 5.24. The van der Waals surface area contributed by atoms with Crippen LogP contribution >= 0.6 is 0 Å². The van der Waals surface area contributed by atoms with Crippen molar-refractivity contribution < 1.29 is 9.47 Å². The van der Waals surface area contributed by atoms with E-state index in [1.54, 1.807) is 13.3 Å². The second kappa shape index (κ2) is 11.8. The van der Waals surface area contributed by atoms with E-state index in [0.717, 1.165) is 54.3 Å². The van der Waals surface area contributed by atoms with Gasteiger partial charge in [-0.15, -0.1) is 0 Å². The number of nitrogens with one attached hydrogen (secondary N) is 2. The third-order valence-electron chi connectivity index (χ3n) is 7.37. The molecule has 0 unspecified atom stereocenters. The minimum Gasteiger partial charge on any atom is -0.382 e. The van der Waals surface area contributed by atoms with Crippen molar-refractivity contribution in [2.24, 2.45) is 0 Å². The standard InChI is InChI=1S/C30H38N6O4/c1-30(2,3)23-10-8-21(9-11-23)27-31-24-6-5-7-25(26(24)32-27)35-14-12-34(13-15-35)18-22-19-36(20-40-17-16-39-4)29(38)33-28(22)37/h5-11,19H,12-18,20H2,1-4H3,(H,31,32)(H,33,37,38). The van der Waals surface area contributed by atoms with Gasteiger partial charge >= 0.3 is 5.69 Å². The molecule has 0 amide bonds. The molecule has 1 fully saturated rings. The lowest BCUT2D eigenvalue weighted by Crippen LogP contribution is -2.47. The first kappa shape index (κ1) is 27.8. The number of para-hydroxylation sites is 1. The summed E-state index contributed by atoms with van der Waals surface area (Å²) in [6.07, 6.45) is 1.60. The van der Waals surface area contributed by atoms with Gasteiger partial charge in [-0.2, -0.15) is 0 Å². The number of nitrogens with zero attached hydrogens (tertiary/aromatic N) is 4. The number of anilines is 1. The number of piperazine rings is 1. The van der Waals surface area contributed by atoms with E-state index in [4.69, 9.17) is 14.5 Å². The average Bonchev–Trinajstić information content (AvgIpc) is 3.38. The maximum atomic E-state index is 12.5. The summed E-state index contributed by atoms with van der Waals surface area (Å²) in [5.74, 6) is 0.863.